The van der Waals surface area contributed by atoms with Crippen LogP contribution in [0, 0.1) is 0 Å². The molecule has 0 radical (unpaired) electrons. The van der Waals surface area contributed by atoms with Gasteiger partial charge in [-0.15, -0.1) is 0 Å². The van der Waals surface area contributed by atoms with Crippen molar-refractivity contribution in [3.63, 3.8) is 0 Å². The highest BCUT2D eigenvalue weighted by molar-refractivity contribution is 6.32. The molecule has 1 aromatic heterocycles. The number of alkyl halides is 3. The molecular weight excluding hydrogens is 293 g/mol. The van der Waals surface area contributed by atoms with Gasteiger partial charge < -0.3 is 10.1 Å². The minimum Gasteiger partial charge on any atom is -0.379 e. The number of hydrogen-bond acceptors (Lipinski definition) is 3. The third-order valence-corrected chi connectivity index (χ3v) is 2.77. The van der Waals surface area contributed by atoms with Crippen molar-refractivity contribution in [1.29, 1.82) is 0 Å². The number of halogens is 4. The molecule has 1 aromatic rings. The molecule has 0 aliphatic rings. The zero-order valence-electron chi connectivity index (χ0n) is 11.4. The number of pyridine rings is 1. The largest absolute Gasteiger partial charge is 0.417 e. The van der Waals surface area contributed by atoms with Gasteiger partial charge in [-0.1, -0.05) is 11.6 Å². The maximum absolute atomic E-state index is 12.4. The molecule has 0 saturated carbocycles. The lowest BCUT2D eigenvalue weighted by atomic mass is 10.2. The second-order valence-electron chi connectivity index (χ2n) is 4.61. The first-order chi connectivity index (χ1) is 9.30. The first-order valence-electron chi connectivity index (χ1n) is 6.39. The van der Waals surface area contributed by atoms with Gasteiger partial charge in [0.05, 0.1) is 16.7 Å². The molecule has 0 saturated heterocycles. The summed E-state index contributed by atoms with van der Waals surface area (Å²) in [5.41, 5.74) is -0.849. The van der Waals surface area contributed by atoms with E-state index in [1.807, 2.05) is 13.8 Å². The smallest absolute Gasteiger partial charge is 0.379 e. The van der Waals surface area contributed by atoms with Crippen LogP contribution in [0.15, 0.2) is 12.3 Å². The quantitative estimate of drug-likeness (QED) is 0.759. The van der Waals surface area contributed by atoms with Crippen molar-refractivity contribution < 1.29 is 17.9 Å². The number of anilines is 1. The van der Waals surface area contributed by atoms with Gasteiger partial charge in [0.15, 0.2) is 0 Å². The van der Waals surface area contributed by atoms with Gasteiger partial charge in [-0.2, -0.15) is 13.2 Å². The standard InChI is InChI=1S/C13H18ClF3N2O/c1-9(2)20-6-4-3-5-18-12-11(14)7-10(8-19-12)13(15,16)17/h7-9H,3-6H2,1-2H3,(H,18,19). The zero-order valence-corrected chi connectivity index (χ0v) is 12.2. The summed E-state index contributed by atoms with van der Waals surface area (Å²) in [5.74, 6) is 0.268. The van der Waals surface area contributed by atoms with E-state index in [1.165, 1.54) is 0 Å². The van der Waals surface area contributed by atoms with Gasteiger partial charge in [-0.05, 0) is 32.8 Å². The van der Waals surface area contributed by atoms with Gasteiger partial charge in [-0.3, -0.25) is 0 Å². The number of hydrogen-bond donors (Lipinski definition) is 1. The van der Waals surface area contributed by atoms with E-state index in [0.29, 0.717) is 13.2 Å². The molecule has 1 N–H and O–H groups in total. The van der Waals surface area contributed by atoms with E-state index in [4.69, 9.17) is 16.3 Å². The van der Waals surface area contributed by atoms with Crippen molar-refractivity contribution in [3.05, 3.63) is 22.8 Å². The topological polar surface area (TPSA) is 34.1 Å². The van der Waals surface area contributed by atoms with Gasteiger partial charge in [0, 0.05) is 19.3 Å². The van der Waals surface area contributed by atoms with Crippen LogP contribution in [0.5, 0.6) is 0 Å². The lowest BCUT2D eigenvalue weighted by Gasteiger charge is -2.11. The molecule has 0 bridgehead atoms. The third kappa shape index (κ3) is 5.96. The predicted octanol–water partition coefficient (Wildman–Crippen LogP) is 4.37. The molecular formula is C13H18ClF3N2O. The zero-order chi connectivity index (χ0) is 15.2. The fraction of sp³-hybridized carbons (Fsp3) is 0.615. The van der Waals surface area contributed by atoms with Gasteiger partial charge in [0.1, 0.15) is 5.82 Å². The number of aromatic nitrogens is 1. The maximum atomic E-state index is 12.4. The Bertz CT molecular complexity index is 425. The predicted molar refractivity (Wildman–Crippen MR) is 73.1 cm³/mol. The van der Waals surface area contributed by atoms with Crippen LogP contribution in [-0.4, -0.2) is 24.2 Å². The molecule has 7 heteroatoms. The lowest BCUT2D eigenvalue weighted by Crippen LogP contribution is -2.10. The van der Waals surface area contributed by atoms with Crippen LogP contribution in [0.1, 0.15) is 32.3 Å². The highest BCUT2D eigenvalue weighted by Gasteiger charge is 2.31. The maximum Gasteiger partial charge on any atom is 0.417 e. The van der Waals surface area contributed by atoms with Gasteiger partial charge in [0.2, 0.25) is 0 Å². The monoisotopic (exact) mass is 310 g/mol. The van der Waals surface area contributed by atoms with Gasteiger partial charge >= 0.3 is 6.18 Å². The number of nitrogens with zero attached hydrogens (tertiary/aromatic N) is 1. The second kappa shape index (κ2) is 7.69. The Morgan fingerprint density at radius 1 is 1.35 bits per heavy atom. The molecule has 114 valence electrons. The molecule has 3 nitrogen and oxygen atoms in total. The molecule has 0 unspecified atom stereocenters. The lowest BCUT2D eigenvalue weighted by molar-refractivity contribution is -0.137. The van der Waals surface area contributed by atoms with E-state index >= 15 is 0 Å². The van der Waals surface area contributed by atoms with E-state index in [1.54, 1.807) is 0 Å². The fourth-order valence-corrected chi connectivity index (χ4v) is 1.71. The van der Waals surface area contributed by atoms with E-state index in [0.717, 1.165) is 25.1 Å². The number of ether oxygens (including phenoxy) is 1. The molecule has 0 spiro atoms. The van der Waals surface area contributed by atoms with E-state index in [-0.39, 0.29) is 16.9 Å². The van der Waals surface area contributed by atoms with Crippen LogP contribution in [0.2, 0.25) is 5.02 Å². The molecule has 0 aliphatic carbocycles. The van der Waals surface area contributed by atoms with Crippen LogP contribution in [0.25, 0.3) is 0 Å². The first kappa shape index (κ1) is 17.0. The van der Waals surface area contributed by atoms with Crippen LogP contribution >= 0.6 is 11.6 Å². The third-order valence-electron chi connectivity index (χ3n) is 2.48. The number of rotatable bonds is 7. The summed E-state index contributed by atoms with van der Waals surface area (Å²) in [6.45, 7) is 5.17. The molecule has 0 aliphatic heterocycles. The van der Waals surface area contributed by atoms with Gasteiger partial charge in [0.25, 0.3) is 0 Å². The fourth-order valence-electron chi connectivity index (χ4n) is 1.48. The van der Waals surface area contributed by atoms with Crippen molar-refractivity contribution in [2.45, 2.75) is 39.0 Å². The summed E-state index contributed by atoms with van der Waals surface area (Å²) in [7, 11) is 0. The minimum atomic E-state index is -4.43. The van der Waals surface area contributed by atoms with Crippen LogP contribution in [-0.2, 0) is 10.9 Å². The van der Waals surface area contributed by atoms with Crippen molar-refractivity contribution in [2.75, 3.05) is 18.5 Å². The Morgan fingerprint density at radius 2 is 2.05 bits per heavy atom. The van der Waals surface area contributed by atoms with E-state index < -0.39 is 11.7 Å². The minimum absolute atomic E-state index is 0.0294. The van der Waals surface area contributed by atoms with Gasteiger partial charge in [-0.25, -0.2) is 4.98 Å². The van der Waals surface area contributed by atoms with Crippen LogP contribution < -0.4 is 5.32 Å². The van der Waals surface area contributed by atoms with E-state index in [9.17, 15) is 13.2 Å². The summed E-state index contributed by atoms with van der Waals surface area (Å²) >= 11 is 5.77. The highest BCUT2D eigenvalue weighted by Crippen LogP contribution is 2.32. The normalized spacial score (nSPS) is 11.9. The average Bonchev–Trinajstić information content (AvgIpc) is 2.33. The molecule has 1 heterocycles. The number of unbranched alkanes of at least 4 members (excludes halogenated alkanes) is 1. The van der Waals surface area contributed by atoms with E-state index in [2.05, 4.69) is 10.3 Å². The molecule has 0 atom stereocenters. The molecule has 1 rings (SSSR count). The Balaban J connectivity index is 2.38. The Kier molecular flexibility index (Phi) is 6.55. The first-order valence-corrected chi connectivity index (χ1v) is 6.76. The Morgan fingerprint density at radius 3 is 2.60 bits per heavy atom. The summed E-state index contributed by atoms with van der Waals surface area (Å²) in [6.07, 6.45) is -1.76. The summed E-state index contributed by atoms with van der Waals surface area (Å²) in [6, 6.07) is 0.874. The molecule has 0 amide bonds. The van der Waals surface area contributed by atoms with Crippen molar-refractivity contribution >= 4 is 17.4 Å². The Hall–Kier alpha value is -1.01. The Labute approximate surface area is 121 Å². The molecule has 20 heavy (non-hydrogen) atoms. The van der Waals surface area contributed by atoms with Crippen molar-refractivity contribution in [1.82, 2.24) is 4.98 Å². The average molecular weight is 311 g/mol. The summed E-state index contributed by atoms with van der Waals surface area (Å²) in [4.78, 5) is 3.70. The molecule has 0 fully saturated rings. The van der Waals surface area contributed by atoms with Crippen molar-refractivity contribution in [2.24, 2.45) is 0 Å². The molecule has 0 aromatic carbocycles. The van der Waals surface area contributed by atoms with Crippen LogP contribution in [0.3, 0.4) is 0 Å². The second-order valence-corrected chi connectivity index (χ2v) is 5.01. The summed E-state index contributed by atoms with van der Waals surface area (Å²) in [5, 5.41) is 2.88. The summed E-state index contributed by atoms with van der Waals surface area (Å²) < 4.78 is 42.6. The highest BCUT2D eigenvalue weighted by atomic mass is 35.5. The van der Waals surface area contributed by atoms with Crippen LogP contribution in [0.4, 0.5) is 19.0 Å². The van der Waals surface area contributed by atoms with Crippen molar-refractivity contribution in [3.8, 4) is 0 Å². The SMILES string of the molecule is CC(C)OCCCCNc1ncc(C(F)(F)F)cc1Cl. The number of nitrogens with one attached hydrogen (secondary N) is 1.